The average Bonchev–Trinajstić information content (AvgIpc) is 3.23. The molecular formula is C31H26N2O5S. The van der Waals surface area contributed by atoms with Gasteiger partial charge in [-0.15, -0.1) is 0 Å². The number of ether oxygens (including phenoxy) is 2. The highest BCUT2D eigenvalue weighted by molar-refractivity contribution is 7.07. The summed E-state index contributed by atoms with van der Waals surface area (Å²) in [6.45, 7) is 5.64. The van der Waals surface area contributed by atoms with E-state index < -0.39 is 18.0 Å². The first-order valence-electron chi connectivity index (χ1n) is 12.5. The van der Waals surface area contributed by atoms with Crippen LogP contribution in [-0.4, -0.2) is 23.1 Å². The summed E-state index contributed by atoms with van der Waals surface area (Å²) >= 11 is 1.26. The highest BCUT2D eigenvalue weighted by Crippen LogP contribution is 2.30. The highest BCUT2D eigenvalue weighted by Gasteiger charge is 2.33. The molecule has 0 spiro atoms. The fourth-order valence-electron chi connectivity index (χ4n) is 4.46. The van der Waals surface area contributed by atoms with E-state index in [1.807, 2.05) is 49.4 Å². The Labute approximate surface area is 229 Å². The number of esters is 2. The van der Waals surface area contributed by atoms with Crippen molar-refractivity contribution in [2.45, 2.75) is 26.8 Å². The summed E-state index contributed by atoms with van der Waals surface area (Å²) in [7, 11) is 0. The number of thiazole rings is 1. The summed E-state index contributed by atoms with van der Waals surface area (Å²) < 4.78 is 12.8. The summed E-state index contributed by atoms with van der Waals surface area (Å²) in [6, 6.07) is 22.9. The van der Waals surface area contributed by atoms with Crippen LogP contribution in [0.5, 0.6) is 5.75 Å². The number of rotatable bonds is 6. The van der Waals surface area contributed by atoms with E-state index >= 15 is 0 Å². The number of carbonyl (C=O) groups excluding carboxylic acids is 2. The molecule has 0 unspecified atom stereocenters. The molecule has 196 valence electrons. The van der Waals surface area contributed by atoms with Gasteiger partial charge in [-0.05, 0) is 62.2 Å². The van der Waals surface area contributed by atoms with E-state index in [0.29, 0.717) is 31.9 Å². The van der Waals surface area contributed by atoms with Gasteiger partial charge in [0.25, 0.3) is 5.56 Å². The van der Waals surface area contributed by atoms with E-state index in [2.05, 4.69) is 4.99 Å². The Bertz CT molecular complexity index is 1770. The van der Waals surface area contributed by atoms with Gasteiger partial charge in [-0.3, -0.25) is 9.36 Å². The van der Waals surface area contributed by atoms with Crippen molar-refractivity contribution in [1.82, 2.24) is 4.57 Å². The zero-order chi connectivity index (χ0) is 27.5. The van der Waals surface area contributed by atoms with Crippen molar-refractivity contribution >= 4 is 29.4 Å². The molecule has 0 N–H and O–H groups in total. The van der Waals surface area contributed by atoms with Crippen molar-refractivity contribution in [2.24, 2.45) is 4.99 Å². The minimum absolute atomic E-state index is 0.220. The van der Waals surface area contributed by atoms with Crippen LogP contribution >= 0.6 is 11.3 Å². The molecule has 0 aliphatic carbocycles. The zero-order valence-electron chi connectivity index (χ0n) is 21.7. The summed E-state index contributed by atoms with van der Waals surface area (Å²) in [5, 5.41) is 0. The third kappa shape index (κ3) is 5.37. The fraction of sp³-hybridized carbons (Fsp3) is 0.161. The smallest absolute Gasteiger partial charge is 0.343 e. The Balaban J connectivity index is 1.49. The third-order valence-corrected chi connectivity index (χ3v) is 7.26. The Kier molecular flexibility index (Phi) is 7.38. The average molecular weight is 539 g/mol. The number of nitrogens with zero attached hydrogens (tertiary/aromatic N) is 2. The van der Waals surface area contributed by atoms with Crippen molar-refractivity contribution < 1.29 is 19.1 Å². The maximum Gasteiger partial charge on any atom is 0.343 e. The Morgan fingerprint density at radius 3 is 2.41 bits per heavy atom. The van der Waals surface area contributed by atoms with Gasteiger partial charge in [-0.25, -0.2) is 14.6 Å². The van der Waals surface area contributed by atoms with E-state index in [0.717, 1.165) is 16.7 Å². The molecule has 1 aliphatic rings. The van der Waals surface area contributed by atoms with Crippen LogP contribution in [-0.2, 0) is 9.53 Å². The van der Waals surface area contributed by atoms with Crippen LogP contribution < -0.4 is 19.6 Å². The van der Waals surface area contributed by atoms with Crippen LogP contribution in [0.2, 0.25) is 0 Å². The Morgan fingerprint density at radius 2 is 1.72 bits per heavy atom. The van der Waals surface area contributed by atoms with Crippen LogP contribution in [0.1, 0.15) is 46.9 Å². The first kappa shape index (κ1) is 26.1. The van der Waals surface area contributed by atoms with Crippen LogP contribution in [0, 0.1) is 6.92 Å². The molecule has 1 aromatic heterocycles. The number of carbonyl (C=O) groups is 2. The number of aryl methyl sites for hydroxylation is 1. The van der Waals surface area contributed by atoms with Gasteiger partial charge in [0.1, 0.15) is 5.75 Å². The first-order valence-corrected chi connectivity index (χ1v) is 13.3. The minimum atomic E-state index is -0.646. The second kappa shape index (κ2) is 11.0. The SMILES string of the molecule is CCOC(=O)C1=C(C)N=c2s/c(=C/c3ccc(OC(=O)c4cccc(C)c4)cc3)c(=O)n2[C@@H]1c1ccccc1. The van der Waals surface area contributed by atoms with Gasteiger partial charge in [-0.2, -0.15) is 0 Å². The molecule has 0 saturated heterocycles. The lowest BCUT2D eigenvalue weighted by atomic mass is 9.96. The molecular weight excluding hydrogens is 512 g/mol. The first-order chi connectivity index (χ1) is 18.9. The van der Waals surface area contributed by atoms with E-state index in [1.54, 1.807) is 60.9 Å². The lowest BCUT2D eigenvalue weighted by molar-refractivity contribution is -0.139. The molecule has 1 aliphatic heterocycles. The van der Waals surface area contributed by atoms with E-state index in [1.165, 1.54) is 11.3 Å². The molecule has 2 heterocycles. The molecule has 0 bridgehead atoms. The van der Waals surface area contributed by atoms with Gasteiger partial charge in [-0.1, -0.05) is 71.5 Å². The molecule has 4 aromatic rings. The summed E-state index contributed by atoms with van der Waals surface area (Å²) in [5.74, 6) is -0.523. The maximum absolute atomic E-state index is 13.7. The van der Waals surface area contributed by atoms with E-state index in [4.69, 9.17) is 9.47 Å². The molecule has 0 amide bonds. The largest absolute Gasteiger partial charge is 0.463 e. The van der Waals surface area contributed by atoms with Crippen molar-refractivity contribution in [3.8, 4) is 5.75 Å². The summed E-state index contributed by atoms with van der Waals surface area (Å²) in [4.78, 5) is 44.2. The predicted octanol–water partition coefficient (Wildman–Crippen LogP) is 4.33. The summed E-state index contributed by atoms with van der Waals surface area (Å²) in [6.07, 6.45) is 1.77. The Hall–Kier alpha value is -4.56. The van der Waals surface area contributed by atoms with Gasteiger partial charge in [0, 0.05) is 0 Å². The van der Waals surface area contributed by atoms with Crippen LogP contribution in [0.25, 0.3) is 6.08 Å². The Morgan fingerprint density at radius 1 is 0.974 bits per heavy atom. The van der Waals surface area contributed by atoms with Gasteiger partial charge >= 0.3 is 11.9 Å². The number of fused-ring (bicyclic) bond motifs is 1. The summed E-state index contributed by atoms with van der Waals surface area (Å²) in [5.41, 5.74) is 3.62. The van der Waals surface area contributed by atoms with Crippen LogP contribution in [0.15, 0.2) is 99.9 Å². The molecule has 3 aromatic carbocycles. The standard InChI is InChI=1S/C31H26N2O5S/c1-4-37-30(36)26-20(3)32-31-33(27(26)22-10-6-5-7-11-22)28(34)25(39-31)18-21-13-15-24(16-14-21)38-29(35)23-12-8-9-19(2)17-23/h5-18,27H,4H2,1-3H3/b25-18+/t27-/m1/s1. The van der Waals surface area contributed by atoms with Gasteiger partial charge < -0.3 is 9.47 Å². The number of aromatic nitrogens is 1. The molecule has 0 fully saturated rings. The quantitative estimate of drug-likeness (QED) is 0.270. The number of hydrogen-bond acceptors (Lipinski definition) is 7. The van der Waals surface area contributed by atoms with Crippen LogP contribution in [0.3, 0.4) is 0 Å². The number of hydrogen-bond donors (Lipinski definition) is 0. The molecule has 8 heteroatoms. The fourth-order valence-corrected chi connectivity index (χ4v) is 5.51. The number of allylic oxidation sites excluding steroid dienone is 1. The highest BCUT2D eigenvalue weighted by atomic mass is 32.1. The lowest BCUT2D eigenvalue weighted by Crippen LogP contribution is -2.39. The molecule has 0 radical (unpaired) electrons. The van der Waals surface area contributed by atoms with E-state index in [-0.39, 0.29) is 12.2 Å². The second-order valence-corrected chi connectivity index (χ2v) is 10.1. The lowest BCUT2D eigenvalue weighted by Gasteiger charge is -2.24. The second-order valence-electron chi connectivity index (χ2n) is 9.04. The van der Waals surface area contributed by atoms with Gasteiger partial charge in [0.05, 0.1) is 34.0 Å². The van der Waals surface area contributed by atoms with E-state index in [9.17, 15) is 14.4 Å². The van der Waals surface area contributed by atoms with Crippen molar-refractivity contribution in [2.75, 3.05) is 6.61 Å². The molecule has 1 atom stereocenters. The van der Waals surface area contributed by atoms with Gasteiger partial charge in [0.2, 0.25) is 0 Å². The number of benzene rings is 3. The van der Waals surface area contributed by atoms with Crippen molar-refractivity contribution in [1.29, 1.82) is 0 Å². The topological polar surface area (TPSA) is 87.0 Å². The minimum Gasteiger partial charge on any atom is -0.463 e. The monoisotopic (exact) mass is 538 g/mol. The third-order valence-electron chi connectivity index (χ3n) is 6.27. The van der Waals surface area contributed by atoms with Gasteiger partial charge in [0.15, 0.2) is 4.80 Å². The normalized spacial score (nSPS) is 14.9. The molecule has 5 rings (SSSR count). The predicted molar refractivity (Wildman–Crippen MR) is 149 cm³/mol. The van der Waals surface area contributed by atoms with Crippen molar-refractivity contribution in [3.63, 3.8) is 0 Å². The molecule has 39 heavy (non-hydrogen) atoms. The molecule has 7 nitrogen and oxygen atoms in total. The van der Waals surface area contributed by atoms with Crippen LogP contribution in [0.4, 0.5) is 0 Å². The maximum atomic E-state index is 13.7. The molecule has 0 saturated carbocycles. The zero-order valence-corrected chi connectivity index (χ0v) is 22.5. The van der Waals surface area contributed by atoms with Crippen molar-refractivity contribution in [3.05, 3.63) is 132 Å².